The Morgan fingerprint density at radius 2 is 1.11 bits per heavy atom. The van der Waals surface area contributed by atoms with Crippen LogP contribution >= 0.6 is 0 Å². The molecule has 10 saturated heterocycles. The predicted molar refractivity (Wildman–Crippen MR) is 260 cm³/mol. The van der Waals surface area contributed by atoms with Crippen LogP contribution in [0.1, 0.15) is 123 Å². The Labute approximate surface area is 425 Å². The van der Waals surface area contributed by atoms with Gasteiger partial charge in [0.05, 0.1) is 134 Å². The van der Waals surface area contributed by atoms with E-state index in [1.165, 1.54) is 0 Å². The maximum atomic E-state index is 12.5. The molecule has 72 heavy (non-hydrogen) atoms. The lowest BCUT2D eigenvalue weighted by atomic mass is 9.73. The minimum Gasteiger partial charge on any atom is -0.396 e. The van der Waals surface area contributed by atoms with Crippen LogP contribution in [0, 0.1) is 5.92 Å². The van der Waals surface area contributed by atoms with Gasteiger partial charge in [0, 0.05) is 58.0 Å². The van der Waals surface area contributed by atoms with E-state index in [0.717, 1.165) is 43.2 Å². The first-order chi connectivity index (χ1) is 34.7. The summed E-state index contributed by atoms with van der Waals surface area (Å²) in [4.78, 5) is 0. The van der Waals surface area contributed by atoms with Crippen LogP contribution in [0.2, 0.25) is 0 Å². The minimum absolute atomic E-state index is 0.0531. The highest BCUT2D eigenvalue weighted by Crippen LogP contribution is 2.53. The molecular weight excluding hydrogens is 925 g/mol. The molecule has 15 nitrogen and oxygen atoms in total. The molecule has 0 radical (unpaired) electrons. The fourth-order valence-electron chi connectivity index (χ4n) is 14.7. The van der Waals surface area contributed by atoms with Gasteiger partial charge in [0.1, 0.15) is 23.9 Å². The van der Waals surface area contributed by atoms with Crippen molar-refractivity contribution < 1.29 is 72.2 Å². The molecule has 2 aromatic carbocycles. The number of fused-ring (bicyclic) bond motifs is 9. The molecule has 10 aliphatic rings. The molecule has 0 spiro atoms. The number of hydrogen-bond acceptors (Lipinski definition) is 15. The monoisotopic (exact) mass is 1000 g/mol. The van der Waals surface area contributed by atoms with Crippen LogP contribution in [-0.4, -0.2) is 167 Å². The first kappa shape index (κ1) is 50.6. The third-order valence-corrected chi connectivity index (χ3v) is 19.2. The molecule has 0 bridgehead atoms. The molecule has 0 aliphatic carbocycles. The largest absolute Gasteiger partial charge is 0.396 e. The molecule has 3 N–H and O–H groups in total. The van der Waals surface area contributed by atoms with Crippen molar-refractivity contribution in [1.82, 2.24) is 0 Å². The van der Waals surface area contributed by atoms with E-state index >= 15 is 0 Å². The number of benzene rings is 2. The van der Waals surface area contributed by atoms with Gasteiger partial charge in [-0.1, -0.05) is 67.6 Å². The van der Waals surface area contributed by atoms with Crippen molar-refractivity contribution in [3.8, 4) is 0 Å². The molecule has 12 rings (SSSR count). The molecule has 0 aromatic heterocycles. The molecule has 2 aromatic rings. The molecule has 15 heteroatoms. The molecule has 10 aliphatic heterocycles. The average molecular weight is 1010 g/mol. The lowest BCUT2D eigenvalue weighted by molar-refractivity contribution is -0.367. The van der Waals surface area contributed by atoms with Crippen molar-refractivity contribution in [3.05, 3.63) is 71.8 Å². The molecule has 10 fully saturated rings. The van der Waals surface area contributed by atoms with E-state index in [0.29, 0.717) is 64.8 Å². The van der Waals surface area contributed by atoms with Crippen molar-refractivity contribution >= 4 is 0 Å². The van der Waals surface area contributed by atoms with Crippen molar-refractivity contribution in [2.75, 3.05) is 13.2 Å². The SMILES string of the molecule is C[C@H]1CC[C@]2(C)O[C@]3(C)CC[C@@H]4O[C@@H]5C[C@@H]6O[C@@H]7C[C@H](O)[C@@](C)(CCO)O[C@H]7C[C@H]6O[C@H]5C[C@H]4O[C@H]3C[C@H]2O[C@H]2C[C@H]3O[C@H]4C[C@@H](OCc5ccccc5)[C@H](COCc5ccccc5)O[C@@]4(C)[C@H](O)[C@@H]3O[C@@H]21. The number of ether oxygens (including phenoxy) is 12. The van der Waals surface area contributed by atoms with Gasteiger partial charge in [0.2, 0.25) is 0 Å². The number of aliphatic hydroxyl groups excluding tert-OH is 3. The smallest absolute Gasteiger partial charge is 0.121 e. The van der Waals surface area contributed by atoms with E-state index in [1.54, 1.807) is 0 Å². The van der Waals surface area contributed by atoms with E-state index in [9.17, 15) is 15.3 Å². The lowest BCUT2D eigenvalue weighted by Crippen LogP contribution is -2.73. The van der Waals surface area contributed by atoms with Gasteiger partial charge in [-0.15, -0.1) is 0 Å². The van der Waals surface area contributed by atoms with E-state index in [1.807, 2.05) is 62.4 Å². The summed E-state index contributed by atoms with van der Waals surface area (Å²) < 4.78 is 82.9. The Kier molecular flexibility index (Phi) is 14.1. The van der Waals surface area contributed by atoms with Crippen LogP contribution in [0.5, 0.6) is 0 Å². The fraction of sp³-hybridized carbons (Fsp3) is 0.789. The maximum Gasteiger partial charge on any atom is 0.121 e. The molecule has 0 saturated carbocycles. The summed E-state index contributed by atoms with van der Waals surface area (Å²) in [5, 5.41) is 33.2. The first-order valence-corrected chi connectivity index (χ1v) is 27.6. The number of rotatable bonds is 9. The second kappa shape index (κ2) is 20.0. The third-order valence-electron chi connectivity index (χ3n) is 19.2. The molecule has 398 valence electrons. The summed E-state index contributed by atoms with van der Waals surface area (Å²) in [6.45, 7) is 11.6. The summed E-state index contributed by atoms with van der Waals surface area (Å²) in [6.07, 6.45) is 1.74. The van der Waals surface area contributed by atoms with Gasteiger partial charge in [-0.25, -0.2) is 0 Å². The van der Waals surface area contributed by atoms with Crippen molar-refractivity contribution in [1.29, 1.82) is 0 Å². The van der Waals surface area contributed by atoms with Gasteiger partial charge in [-0.05, 0) is 70.4 Å². The van der Waals surface area contributed by atoms with E-state index < -0.39 is 59.0 Å². The summed E-state index contributed by atoms with van der Waals surface area (Å²) in [6, 6.07) is 20.3. The Morgan fingerprint density at radius 1 is 0.556 bits per heavy atom. The molecule has 10 heterocycles. The Hall–Kier alpha value is -2.16. The quantitative estimate of drug-likeness (QED) is 0.265. The zero-order valence-electron chi connectivity index (χ0n) is 42.9. The topological polar surface area (TPSA) is 171 Å². The predicted octanol–water partition coefficient (Wildman–Crippen LogP) is 6.05. The van der Waals surface area contributed by atoms with E-state index in [-0.39, 0.29) is 91.9 Å². The van der Waals surface area contributed by atoms with Crippen molar-refractivity contribution in [2.24, 2.45) is 5.92 Å². The van der Waals surface area contributed by atoms with Gasteiger partial charge in [0.15, 0.2) is 0 Å². The fourth-order valence-corrected chi connectivity index (χ4v) is 14.7. The molecule has 24 atom stereocenters. The van der Waals surface area contributed by atoms with Crippen LogP contribution < -0.4 is 0 Å². The van der Waals surface area contributed by atoms with Gasteiger partial charge < -0.3 is 72.2 Å². The second-order valence-corrected chi connectivity index (χ2v) is 24.2. The van der Waals surface area contributed by atoms with Gasteiger partial charge in [-0.3, -0.25) is 0 Å². The maximum absolute atomic E-state index is 12.5. The van der Waals surface area contributed by atoms with Crippen LogP contribution in [0.3, 0.4) is 0 Å². The standard InChI is InChI=1S/C57H80O15/c1-32-16-18-55(3)49(28-48-56(4,72-55)19-17-35-37(66-48)22-39-38(63-35)23-40-41(64-39)24-43-42(65-40)26-47(59)54(2,70-43)20-21-58)67-44-25-45-52(69-51(32)44)53(60)57(5)50(68-45)27-36(62-30-34-14-10-7-11-15-34)46(71-57)31-61-29-33-12-8-6-9-13-33/h6-15,32,35-53,58-60H,16-31H2,1-5H3/t32-,35-,36+,37+,38+,39-,40-,41+,42+,43-,44-,45+,46-,47-,48-,49+,50-,51+,52+,53+,54+,55-,56+,57+/m0/s1. The summed E-state index contributed by atoms with van der Waals surface area (Å²) in [5.41, 5.74) is -0.832. The van der Waals surface area contributed by atoms with Crippen LogP contribution in [0.25, 0.3) is 0 Å². The molecule has 0 unspecified atom stereocenters. The van der Waals surface area contributed by atoms with E-state index in [2.05, 4.69) is 32.9 Å². The molecular formula is C57H80O15. The minimum atomic E-state index is -1.06. The normalized spacial score (nSPS) is 50.8. The Morgan fingerprint density at radius 3 is 1.79 bits per heavy atom. The van der Waals surface area contributed by atoms with Crippen molar-refractivity contribution in [3.63, 3.8) is 0 Å². The summed E-state index contributed by atoms with van der Waals surface area (Å²) >= 11 is 0. The van der Waals surface area contributed by atoms with Crippen LogP contribution in [0.15, 0.2) is 60.7 Å². The highest BCUT2D eigenvalue weighted by atomic mass is 16.7. The summed E-state index contributed by atoms with van der Waals surface area (Å²) in [7, 11) is 0. The first-order valence-electron chi connectivity index (χ1n) is 27.6. The van der Waals surface area contributed by atoms with Crippen LogP contribution in [0.4, 0.5) is 0 Å². The van der Waals surface area contributed by atoms with Gasteiger partial charge >= 0.3 is 0 Å². The highest BCUT2D eigenvalue weighted by Gasteiger charge is 2.64. The summed E-state index contributed by atoms with van der Waals surface area (Å²) in [5.74, 6) is 0.131. The molecule has 0 amide bonds. The lowest BCUT2D eigenvalue weighted by Gasteiger charge is -2.60. The third kappa shape index (κ3) is 9.48. The van der Waals surface area contributed by atoms with Crippen LogP contribution in [-0.2, 0) is 70.1 Å². The number of aliphatic hydroxyl groups is 3. The second-order valence-electron chi connectivity index (χ2n) is 24.2. The average Bonchev–Trinajstić information content (AvgIpc) is 3.49. The van der Waals surface area contributed by atoms with E-state index in [4.69, 9.17) is 56.8 Å². The zero-order valence-corrected chi connectivity index (χ0v) is 42.9. The van der Waals surface area contributed by atoms with Crippen molar-refractivity contribution in [2.45, 2.75) is 263 Å². The number of hydrogen-bond donors (Lipinski definition) is 3. The Bertz CT molecular complexity index is 2160. The van der Waals surface area contributed by atoms with Gasteiger partial charge in [-0.2, -0.15) is 0 Å². The Balaban J connectivity index is 0.721. The zero-order chi connectivity index (χ0) is 49.6. The highest BCUT2D eigenvalue weighted by molar-refractivity contribution is 5.16. The van der Waals surface area contributed by atoms with Gasteiger partial charge in [0.25, 0.3) is 0 Å².